The van der Waals surface area contributed by atoms with Crippen molar-refractivity contribution in [2.45, 2.75) is 20.3 Å². The molecular weight excluding hydrogens is 230 g/mol. The molecule has 0 bridgehead atoms. The first kappa shape index (κ1) is 14.4. The molecule has 4 heteroatoms. The zero-order valence-corrected chi connectivity index (χ0v) is 11.1. The SMILES string of the molecule is COCCCNC(=O)C(=O)c1ccc(C)cc1C. The van der Waals surface area contributed by atoms with E-state index in [1.165, 1.54) is 0 Å². The first-order valence-electron chi connectivity index (χ1n) is 5.95. The lowest BCUT2D eigenvalue weighted by molar-refractivity contribution is -0.117. The molecule has 0 spiro atoms. The first-order chi connectivity index (χ1) is 8.56. The Morgan fingerprint density at radius 2 is 2.00 bits per heavy atom. The number of ether oxygens (including phenoxy) is 1. The van der Waals surface area contributed by atoms with Gasteiger partial charge in [-0.15, -0.1) is 0 Å². The predicted octanol–water partition coefficient (Wildman–Crippen LogP) is 1.64. The van der Waals surface area contributed by atoms with E-state index in [1.54, 1.807) is 13.2 Å². The number of methoxy groups -OCH3 is 1. The van der Waals surface area contributed by atoms with Crippen LogP contribution in [0.15, 0.2) is 18.2 Å². The maximum absolute atomic E-state index is 11.9. The van der Waals surface area contributed by atoms with Crippen LogP contribution in [0.1, 0.15) is 27.9 Å². The molecule has 0 unspecified atom stereocenters. The largest absolute Gasteiger partial charge is 0.385 e. The number of amides is 1. The molecule has 0 saturated carbocycles. The van der Waals surface area contributed by atoms with Crippen molar-refractivity contribution in [1.29, 1.82) is 0 Å². The zero-order chi connectivity index (χ0) is 13.5. The van der Waals surface area contributed by atoms with Gasteiger partial charge in [0.1, 0.15) is 0 Å². The van der Waals surface area contributed by atoms with Crippen LogP contribution in [0.5, 0.6) is 0 Å². The molecule has 1 rings (SSSR count). The van der Waals surface area contributed by atoms with Gasteiger partial charge in [-0.2, -0.15) is 0 Å². The molecule has 0 aromatic heterocycles. The van der Waals surface area contributed by atoms with Crippen LogP contribution < -0.4 is 5.32 Å². The van der Waals surface area contributed by atoms with Crippen molar-refractivity contribution >= 4 is 11.7 Å². The van der Waals surface area contributed by atoms with Crippen molar-refractivity contribution in [3.8, 4) is 0 Å². The summed E-state index contributed by atoms with van der Waals surface area (Å²) in [5, 5.41) is 2.59. The van der Waals surface area contributed by atoms with Crippen molar-refractivity contribution in [3.05, 3.63) is 34.9 Å². The van der Waals surface area contributed by atoms with Gasteiger partial charge in [0.2, 0.25) is 5.78 Å². The minimum atomic E-state index is -0.557. The summed E-state index contributed by atoms with van der Waals surface area (Å²) in [7, 11) is 1.60. The fraction of sp³-hybridized carbons (Fsp3) is 0.429. The maximum atomic E-state index is 11.9. The fourth-order valence-electron chi connectivity index (χ4n) is 1.69. The molecule has 0 saturated heterocycles. The number of aryl methyl sites for hydroxylation is 2. The van der Waals surface area contributed by atoms with Crippen LogP contribution in [0.2, 0.25) is 0 Å². The molecule has 0 aliphatic carbocycles. The van der Waals surface area contributed by atoms with E-state index >= 15 is 0 Å². The summed E-state index contributed by atoms with van der Waals surface area (Å²) in [6.45, 7) is 4.80. The second-order valence-electron chi connectivity index (χ2n) is 4.25. The third kappa shape index (κ3) is 3.96. The van der Waals surface area contributed by atoms with E-state index in [0.717, 1.165) is 11.1 Å². The Labute approximate surface area is 107 Å². The molecular formula is C14H19NO3. The van der Waals surface area contributed by atoms with Gasteiger partial charge >= 0.3 is 0 Å². The lowest BCUT2D eigenvalue weighted by atomic mass is 10.0. The number of nitrogens with one attached hydrogen (secondary N) is 1. The number of carbonyl (C=O) groups excluding carboxylic acids is 2. The summed E-state index contributed by atoms with van der Waals surface area (Å²) in [5.41, 5.74) is 2.36. The summed E-state index contributed by atoms with van der Waals surface area (Å²) in [4.78, 5) is 23.5. The van der Waals surface area contributed by atoms with Gasteiger partial charge in [-0.25, -0.2) is 0 Å². The highest BCUT2D eigenvalue weighted by Gasteiger charge is 2.17. The average molecular weight is 249 g/mol. The molecule has 0 atom stereocenters. The Hall–Kier alpha value is -1.68. The highest BCUT2D eigenvalue weighted by Crippen LogP contribution is 2.11. The van der Waals surface area contributed by atoms with Gasteiger partial charge in [0, 0.05) is 25.8 Å². The van der Waals surface area contributed by atoms with E-state index in [1.807, 2.05) is 26.0 Å². The van der Waals surface area contributed by atoms with Crippen molar-refractivity contribution in [2.24, 2.45) is 0 Å². The van der Waals surface area contributed by atoms with E-state index in [9.17, 15) is 9.59 Å². The maximum Gasteiger partial charge on any atom is 0.292 e. The van der Waals surface area contributed by atoms with Crippen molar-refractivity contribution < 1.29 is 14.3 Å². The Morgan fingerprint density at radius 3 is 2.61 bits per heavy atom. The van der Waals surface area contributed by atoms with E-state index < -0.39 is 11.7 Å². The molecule has 1 amide bonds. The summed E-state index contributed by atoms with van der Waals surface area (Å²) >= 11 is 0. The number of rotatable bonds is 6. The molecule has 0 aliphatic rings. The highest BCUT2D eigenvalue weighted by molar-refractivity contribution is 6.43. The Balaban J connectivity index is 2.60. The topological polar surface area (TPSA) is 55.4 Å². The number of benzene rings is 1. The van der Waals surface area contributed by atoms with Gasteiger partial charge in [0.05, 0.1) is 0 Å². The molecule has 4 nitrogen and oxygen atoms in total. The number of hydrogen-bond acceptors (Lipinski definition) is 3. The Kier molecular flexibility index (Phi) is 5.52. The summed E-state index contributed by atoms with van der Waals surface area (Å²) < 4.78 is 4.86. The van der Waals surface area contributed by atoms with E-state index in [-0.39, 0.29) is 0 Å². The van der Waals surface area contributed by atoms with Gasteiger partial charge in [-0.1, -0.05) is 23.8 Å². The monoisotopic (exact) mass is 249 g/mol. The van der Waals surface area contributed by atoms with Crippen molar-refractivity contribution in [1.82, 2.24) is 5.32 Å². The Morgan fingerprint density at radius 1 is 1.28 bits per heavy atom. The standard InChI is InChI=1S/C14H19NO3/c1-10-5-6-12(11(2)9-10)13(16)14(17)15-7-4-8-18-3/h5-6,9H,4,7-8H2,1-3H3,(H,15,17). The third-order valence-corrected chi connectivity index (χ3v) is 2.64. The second kappa shape index (κ2) is 6.91. The number of Topliss-reactive ketones (excluding diaryl/α,β-unsaturated/α-hetero) is 1. The van der Waals surface area contributed by atoms with E-state index in [0.29, 0.717) is 25.1 Å². The van der Waals surface area contributed by atoms with E-state index in [2.05, 4.69) is 5.32 Å². The van der Waals surface area contributed by atoms with Gasteiger partial charge in [-0.05, 0) is 25.8 Å². The molecule has 1 aromatic rings. The lowest BCUT2D eigenvalue weighted by Gasteiger charge is -2.07. The predicted molar refractivity (Wildman–Crippen MR) is 69.7 cm³/mol. The molecule has 0 heterocycles. The normalized spacial score (nSPS) is 10.2. The summed E-state index contributed by atoms with van der Waals surface area (Å²) in [6, 6.07) is 5.42. The Bertz CT molecular complexity index is 441. The first-order valence-corrected chi connectivity index (χ1v) is 5.95. The van der Waals surface area contributed by atoms with Crippen LogP contribution in [0.3, 0.4) is 0 Å². The fourth-order valence-corrected chi connectivity index (χ4v) is 1.69. The molecule has 0 aliphatic heterocycles. The minimum absolute atomic E-state index is 0.448. The average Bonchev–Trinajstić information content (AvgIpc) is 2.33. The number of ketones is 1. The van der Waals surface area contributed by atoms with Gasteiger partial charge < -0.3 is 10.1 Å². The van der Waals surface area contributed by atoms with Gasteiger partial charge in [0.15, 0.2) is 0 Å². The van der Waals surface area contributed by atoms with Crippen LogP contribution >= 0.6 is 0 Å². The number of hydrogen-bond donors (Lipinski definition) is 1. The van der Waals surface area contributed by atoms with E-state index in [4.69, 9.17) is 4.74 Å². The minimum Gasteiger partial charge on any atom is -0.385 e. The van der Waals surface area contributed by atoms with Crippen LogP contribution in [-0.2, 0) is 9.53 Å². The van der Waals surface area contributed by atoms with Crippen LogP contribution in [0.4, 0.5) is 0 Å². The van der Waals surface area contributed by atoms with Crippen LogP contribution in [0.25, 0.3) is 0 Å². The zero-order valence-electron chi connectivity index (χ0n) is 11.1. The number of carbonyl (C=O) groups is 2. The van der Waals surface area contributed by atoms with Gasteiger partial charge in [-0.3, -0.25) is 9.59 Å². The molecule has 0 radical (unpaired) electrons. The molecule has 18 heavy (non-hydrogen) atoms. The van der Waals surface area contributed by atoms with Gasteiger partial charge in [0.25, 0.3) is 5.91 Å². The lowest BCUT2D eigenvalue weighted by Crippen LogP contribution is -2.32. The quantitative estimate of drug-likeness (QED) is 0.473. The smallest absolute Gasteiger partial charge is 0.292 e. The summed E-state index contributed by atoms with van der Waals surface area (Å²) in [5.74, 6) is -1.04. The second-order valence-corrected chi connectivity index (χ2v) is 4.25. The molecule has 1 aromatic carbocycles. The molecule has 98 valence electrons. The van der Waals surface area contributed by atoms with Crippen molar-refractivity contribution in [3.63, 3.8) is 0 Å². The molecule has 1 N–H and O–H groups in total. The molecule has 0 fully saturated rings. The van der Waals surface area contributed by atoms with Crippen LogP contribution in [0, 0.1) is 13.8 Å². The highest BCUT2D eigenvalue weighted by atomic mass is 16.5. The van der Waals surface area contributed by atoms with Crippen LogP contribution in [-0.4, -0.2) is 32.0 Å². The van der Waals surface area contributed by atoms with Crippen molar-refractivity contribution in [2.75, 3.05) is 20.3 Å². The summed E-state index contributed by atoms with van der Waals surface area (Å²) in [6.07, 6.45) is 0.697. The third-order valence-electron chi connectivity index (χ3n) is 2.64.